The molecule has 0 saturated carbocycles. The Morgan fingerprint density at radius 1 is 1.00 bits per heavy atom. The van der Waals surface area contributed by atoms with Gasteiger partial charge in [0.1, 0.15) is 11.9 Å². The van der Waals surface area contributed by atoms with Crippen molar-refractivity contribution >= 4 is 39.0 Å². The summed E-state index contributed by atoms with van der Waals surface area (Å²) < 4.78 is 52.2. The highest BCUT2D eigenvalue weighted by Crippen LogP contribution is 2.46. The van der Waals surface area contributed by atoms with E-state index in [0.717, 1.165) is 57.0 Å². The monoisotopic (exact) mass is 888 g/mol. The number of sulfonamides is 1. The van der Waals surface area contributed by atoms with Gasteiger partial charge in [-0.1, -0.05) is 64.1 Å². The summed E-state index contributed by atoms with van der Waals surface area (Å²) in [6, 6.07) is 21.8. The Hall–Kier alpha value is -4.31. The van der Waals surface area contributed by atoms with Crippen molar-refractivity contribution in [3.8, 4) is 16.2 Å². The molecular formula is C48H60N2O10S2. The molecule has 3 N–H and O–H groups in total. The fourth-order valence-electron chi connectivity index (χ4n) is 9.11. The highest BCUT2D eigenvalue weighted by Gasteiger charge is 2.53. The van der Waals surface area contributed by atoms with Gasteiger partial charge in [0, 0.05) is 41.0 Å². The summed E-state index contributed by atoms with van der Waals surface area (Å²) in [5, 5.41) is 25.8. The number of carboxylic acids is 1. The first kappa shape index (κ1) is 45.7. The molecule has 3 heterocycles. The predicted octanol–water partition coefficient (Wildman–Crippen LogP) is 8.20. The van der Waals surface area contributed by atoms with Gasteiger partial charge in [-0.05, 0) is 109 Å². The van der Waals surface area contributed by atoms with Crippen LogP contribution in [-0.2, 0) is 54.8 Å². The van der Waals surface area contributed by atoms with E-state index in [2.05, 4.69) is 19.2 Å². The number of hydrogen-bond donors (Lipinski definition) is 3. The number of aliphatic hydroxyl groups excluding tert-OH is 1. The van der Waals surface area contributed by atoms with Gasteiger partial charge in [0.25, 0.3) is 0 Å². The van der Waals surface area contributed by atoms with E-state index < -0.39 is 45.9 Å². The molecule has 3 aromatic carbocycles. The Balaban J connectivity index is 1.08. The number of carbonyl (C=O) groups is 2. The molecule has 14 heteroatoms. The molecule has 3 aliphatic rings. The van der Waals surface area contributed by atoms with Gasteiger partial charge in [-0.2, -0.15) is 4.31 Å². The third kappa shape index (κ3) is 10.2. The maximum atomic E-state index is 14.0. The minimum absolute atomic E-state index is 0.0433. The van der Waals surface area contributed by atoms with Crippen LogP contribution in [0.3, 0.4) is 0 Å². The third-order valence-electron chi connectivity index (χ3n) is 12.6. The Labute approximate surface area is 369 Å². The molecule has 0 radical (unpaired) electrons. The van der Waals surface area contributed by atoms with Crippen LogP contribution in [0.5, 0.6) is 5.75 Å². The van der Waals surface area contributed by atoms with E-state index in [9.17, 15) is 28.2 Å². The van der Waals surface area contributed by atoms with Crippen molar-refractivity contribution < 1.29 is 47.2 Å². The summed E-state index contributed by atoms with van der Waals surface area (Å²) in [4.78, 5) is 28.4. The molecule has 2 aliphatic heterocycles. The lowest BCUT2D eigenvalue weighted by Gasteiger charge is -2.30. The first-order valence-electron chi connectivity index (χ1n) is 21.5. The van der Waals surface area contributed by atoms with Crippen molar-refractivity contribution in [3.05, 3.63) is 99.9 Å². The number of carbonyl (C=O) groups excluding carboxylic acids is 1. The van der Waals surface area contributed by atoms with E-state index in [1.54, 1.807) is 23.5 Å². The topological polar surface area (TPSA) is 161 Å². The number of hydrogen-bond acceptors (Lipinski definition) is 11. The number of rotatable bonds is 18. The highest BCUT2D eigenvalue weighted by atomic mass is 32.2. The minimum atomic E-state index is -4.02. The molecule has 5 atom stereocenters. The van der Waals surface area contributed by atoms with Gasteiger partial charge >= 0.3 is 11.9 Å². The average Bonchev–Trinajstić information content (AvgIpc) is 3.90. The van der Waals surface area contributed by atoms with Crippen LogP contribution in [0.4, 0.5) is 5.69 Å². The standard InChI is InChI=1S/C48H60N2O10S2/c1-30(2)27-50(62(55,56)36-17-15-35(57-6)16-18-36)28-40(51)33(24-43(52)60-41-29-59-48(5)39(41)20-22-58-48)23-31-11-13-34(14-12-31)49-26-32-9-7-8-10-37(32)45-44(46(53)54)38-25-47(3,4)21-19-42(38)61-45/h7-18,30,33,39-41,49,51H,19-29H2,1-6H3,(H,53,54)/t33-,39+,40-,41+,48-/m1/s1. The zero-order chi connectivity index (χ0) is 44.4. The molecule has 0 spiro atoms. The highest BCUT2D eigenvalue weighted by molar-refractivity contribution is 7.89. The van der Waals surface area contributed by atoms with Gasteiger partial charge in [-0.15, -0.1) is 11.3 Å². The molecule has 1 aliphatic carbocycles. The number of aryl methyl sites for hydroxylation is 1. The number of carboxylic acid groups (broad SMARTS) is 1. The number of thiophene rings is 1. The van der Waals surface area contributed by atoms with Crippen LogP contribution in [-0.4, -0.2) is 86.3 Å². The van der Waals surface area contributed by atoms with Crippen LogP contribution in [0.25, 0.3) is 10.4 Å². The van der Waals surface area contributed by atoms with Crippen molar-refractivity contribution in [2.75, 3.05) is 38.7 Å². The van der Waals surface area contributed by atoms with E-state index in [-0.39, 0.29) is 54.7 Å². The maximum Gasteiger partial charge on any atom is 0.337 e. The van der Waals surface area contributed by atoms with Gasteiger partial charge in [-0.3, -0.25) is 4.79 Å². The Kier molecular flexibility index (Phi) is 13.9. The normalized spacial score (nSPS) is 21.6. The van der Waals surface area contributed by atoms with Crippen molar-refractivity contribution in [1.29, 1.82) is 0 Å². The van der Waals surface area contributed by atoms with Crippen LogP contribution in [0.2, 0.25) is 0 Å². The zero-order valence-electron chi connectivity index (χ0n) is 36.5. The van der Waals surface area contributed by atoms with Gasteiger partial charge in [0.05, 0.1) is 49.2 Å². The lowest BCUT2D eigenvalue weighted by molar-refractivity contribution is -0.181. The largest absolute Gasteiger partial charge is 0.497 e. The minimum Gasteiger partial charge on any atom is -0.497 e. The van der Waals surface area contributed by atoms with Gasteiger partial charge in [0.15, 0.2) is 5.79 Å². The van der Waals surface area contributed by atoms with Crippen LogP contribution < -0.4 is 10.1 Å². The quantitative estimate of drug-likeness (QED) is 0.0827. The molecule has 7 rings (SSSR count). The fraction of sp³-hybridized carbons (Fsp3) is 0.500. The van der Waals surface area contributed by atoms with Crippen molar-refractivity contribution in [2.45, 2.75) is 103 Å². The molecule has 0 bridgehead atoms. The fourth-order valence-corrected chi connectivity index (χ4v) is 12.1. The third-order valence-corrected chi connectivity index (χ3v) is 15.7. The molecule has 12 nitrogen and oxygen atoms in total. The Morgan fingerprint density at radius 2 is 1.73 bits per heavy atom. The maximum absolute atomic E-state index is 14.0. The van der Waals surface area contributed by atoms with E-state index in [0.29, 0.717) is 30.9 Å². The summed E-state index contributed by atoms with van der Waals surface area (Å²) in [5.74, 6) is -2.49. The zero-order valence-corrected chi connectivity index (χ0v) is 38.2. The molecule has 62 heavy (non-hydrogen) atoms. The second-order valence-electron chi connectivity index (χ2n) is 18.3. The number of methoxy groups -OCH3 is 1. The second kappa shape index (κ2) is 18.8. The van der Waals surface area contributed by atoms with E-state index in [1.165, 1.54) is 23.5 Å². The summed E-state index contributed by atoms with van der Waals surface area (Å²) >= 11 is 1.60. The number of esters is 1. The average molecular weight is 889 g/mol. The summed E-state index contributed by atoms with van der Waals surface area (Å²) in [6.45, 7) is 11.2. The van der Waals surface area contributed by atoms with Gasteiger partial charge in [-0.25, -0.2) is 13.2 Å². The number of nitrogens with zero attached hydrogens (tertiary/aromatic N) is 1. The lowest BCUT2D eigenvalue weighted by Crippen LogP contribution is -2.43. The van der Waals surface area contributed by atoms with E-state index >= 15 is 0 Å². The Morgan fingerprint density at radius 3 is 2.42 bits per heavy atom. The molecule has 1 aromatic heterocycles. The number of fused-ring (bicyclic) bond motifs is 2. The molecule has 2 saturated heterocycles. The molecule has 2 fully saturated rings. The number of nitrogens with one attached hydrogen (secondary N) is 1. The van der Waals surface area contributed by atoms with Crippen molar-refractivity contribution in [1.82, 2.24) is 4.31 Å². The van der Waals surface area contributed by atoms with E-state index in [4.69, 9.17) is 18.9 Å². The van der Waals surface area contributed by atoms with Crippen molar-refractivity contribution in [3.63, 3.8) is 0 Å². The summed E-state index contributed by atoms with van der Waals surface area (Å²) in [6.07, 6.45) is 1.80. The van der Waals surface area contributed by atoms with Crippen molar-refractivity contribution in [2.24, 2.45) is 23.2 Å². The second-order valence-corrected chi connectivity index (χ2v) is 21.3. The SMILES string of the molecule is COc1ccc(S(=O)(=O)N(CC(C)C)C[C@@H](O)[C@@H](CC(=O)O[C@H]2CO[C@@]3(C)OCC[C@@H]23)Cc2ccc(NCc3ccccc3-c3sc4c(c3C(=O)O)CC(C)(C)CC4)cc2)cc1. The number of aliphatic hydroxyl groups is 1. The molecule has 0 amide bonds. The predicted molar refractivity (Wildman–Crippen MR) is 239 cm³/mol. The van der Waals surface area contributed by atoms with Crippen LogP contribution in [0.15, 0.2) is 77.7 Å². The molecular weight excluding hydrogens is 829 g/mol. The molecule has 334 valence electrons. The summed E-state index contributed by atoms with van der Waals surface area (Å²) in [5.41, 5.74) is 5.01. The van der Waals surface area contributed by atoms with Crippen LogP contribution in [0, 0.1) is 23.2 Å². The first-order valence-corrected chi connectivity index (χ1v) is 23.8. The van der Waals surface area contributed by atoms with Gasteiger partial charge < -0.3 is 34.5 Å². The number of aromatic carboxylic acids is 1. The van der Waals surface area contributed by atoms with E-state index in [1.807, 2.05) is 69.3 Å². The Bertz CT molecular complexity index is 2330. The van der Waals surface area contributed by atoms with Gasteiger partial charge in [0.2, 0.25) is 10.0 Å². The number of benzene rings is 3. The molecule has 4 aromatic rings. The molecule has 0 unspecified atom stereocenters. The smallest absolute Gasteiger partial charge is 0.337 e. The van der Waals surface area contributed by atoms with Crippen LogP contribution >= 0.6 is 11.3 Å². The summed E-state index contributed by atoms with van der Waals surface area (Å²) in [7, 11) is -2.51. The number of ether oxygens (including phenoxy) is 4. The van der Waals surface area contributed by atoms with Crippen LogP contribution in [0.1, 0.15) is 85.8 Å². The first-order chi connectivity index (χ1) is 29.5. The number of anilines is 1. The lowest BCUT2D eigenvalue weighted by atomic mass is 9.76.